The molecule has 0 aliphatic rings. The van der Waals surface area contributed by atoms with Crippen LogP contribution in [0.4, 0.5) is 0 Å². The predicted molar refractivity (Wildman–Crippen MR) is 93.2 cm³/mol. The Labute approximate surface area is 143 Å². The smallest absolute Gasteiger partial charge is 0.314 e. The van der Waals surface area contributed by atoms with Gasteiger partial charge < -0.3 is 4.74 Å². The number of amides is 1. The number of hydrogen-bond donors (Lipinski definition) is 1. The maximum Gasteiger partial charge on any atom is 0.314 e. The number of thiophene rings is 1. The van der Waals surface area contributed by atoms with E-state index < -0.39 is 11.8 Å². The van der Waals surface area contributed by atoms with Crippen LogP contribution in [0.5, 0.6) is 0 Å². The van der Waals surface area contributed by atoms with Gasteiger partial charge in [-0.15, -0.1) is 11.3 Å². The van der Waals surface area contributed by atoms with Crippen molar-refractivity contribution in [3.05, 3.63) is 34.2 Å². The third-order valence-electron chi connectivity index (χ3n) is 3.34. The van der Waals surface area contributed by atoms with E-state index in [-0.39, 0.29) is 5.97 Å². The highest BCUT2D eigenvalue weighted by Crippen LogP contribution is 2.34. The topological polar surface area (TPSA) is 67.8 Å². The molecule has 23 heavy (non-hydrogen) atoms. The molecule has 0 spiro atoms. The SMILES string of the molecule is CCOC(=O)C(C)/C(C)=N/NC(=O)c1sc2ccccc2c1Cl. The number of ether oxygens (including phenoxy) is 1. The van der Waals surface area contributed by atoms with Crippen molar-refractivity contribution in [2.45, 2.75) is 20.8 Å². The summed E-state index contributed by atoms with van der Waals surface area (Å²) in [5, 5.41) is 5.23. The molecule has 0 radical (unpaired) electrons. The second-order valence-electron chi connectivity index (χ2n) is 4.91. The van der Waals surface area contributed by atoms with Crippen LogP contribution in [0.1, 0.15) is 30.4 Å². The summed E-state index contributed by atoms with van der Waals surface area (Å²) in [6.07, 6.45) is 0. The van der Waals surface area contributed by atoms with Gasteiger partial charge in [0.25, 0.3) is 5.91 Å². The fourth-order valence-electron chi connectivity index (χ4n) is 1.88. The number of hydrazone groups is 1. The van der Waals surface area contributed by atoms with Crippen molar-refractivity contribution in [2.24, 2.45) is 11.0 Å². The van der Waals surface area contributed by atoms with Crippen LogP contribution >= 0.6 is 22.9 Å². The Morgan fingerprint density at radius 1 is 1.39 bits per heavy atom. The van der Waals surface area contributed by atoms with E-state index in [2.05, 4.69) is 10.5 Å². The van der Waals surface area contributed by atoms with Gasteiger partial charge in [0.1, 0.15) is 4.88 Å². The first-order chi connectivity index (χ1) is 11.0. The lowest BCUT2D eigenvalue weighted by molar-refractivity contribution is -0.145. The third-order valence-corrected chi connectivity index (χ3v) is 5.02. The van der Waals surface area contributed by atoms with E-state index in [0.717, 1.165) is 10.1 Å². The van der Waals surface area contributed by atoms with E-state index in [4.69, 9.17) is 16.3 Å². The number of hydrogen-bond acceptors (Lipinski definition) is 5. The second kappa shape index (κ2) is 7.57. The van der Waals surface area contributed by atoms with E-state index in [9.17, 15) is 9.59 Å². The van der Waals surface area contributed by atoms with Crippen molar-refractivity contribution in [3.8, 4) is 0 Å². The van der Waals surface area contributed by atoms with Gasteiger partial charge in [0.2, 0.25) is 0 Å². The van der Waals surface area contributed by atoms with Crippen molar-refractivity contribution in [1.29, 1.82) is 0 Å². The summed E-state index contributed by atoms with van der Waals surface area (Å²) >= 11 is 7.55. The first kappa shape index (κ1) is 17.4. The zero-order valence-corrected chi connectivity index (χ0v) is 14.6. The molecule has 0 bridgehead atoms. The van der Waals surface area contributed by atoms with E-state index in [1.165, 1.54) is 11.3 Å². The minimum Gasteiger partial charge on any atom is -0.465 e. The number of carbonyl (C=O) groups excluding carboxylic acids is 2. The van der Waals surface area contributed by atoms with Crippen molar-refractivity contribution in [3.63, 3.8) is 0 Å². The molecule has 1 aromatic carbocycles. The number of carbonyl (C=O) groups is 2. The molecule has 7 heteroatoms. The van der Waals surface area contributed by atoms with Gasteiger partial charge in [-0.1, -0.05) is 29.8 Å². The summed E-state index contributed by atoms with van der Waals surface area (Å²) in [7, 11) is 0. The summed E-state index contributed by atoms with van der Waals surface area (Å²) in [6.45, 7) is 5.38. The number of halogens is 1. The maximum atomic E-state index is 12.2. The quantitative estimate of drug-likeness (QED) is 0.504. The number of rotatable bonds is 5. The van der Waals surface area contributed by atoms with Gasteiger partial charge in [0.15, 0.2) is 0 Å². The zero-order chi connectivity index (χ0) is 17.0. The lowest BCUT2D eigenvalue weighted by Gasteiger charge is -2.09. The summed E-state index contributed by atoms with van der Waals surface area (Å²) in [4.78, 5) is 24.3. The van der Waals surface area contributed by atoms with Gasteiger partial charge in [-0.25, -0.2) is 5.43 Å². The zero-order valence-electron chi connectivity index (χ0n) is 13.1. The molecule has 1 N–H and O–H groups in total. The van der Waals surface area contributed by atoms with Gasteiger partial charge >= 0.3 is 5.97 Å². The number of nitrogens with one attached hydrogen (secondary N) is 1. The Hall–Kier alpha value is -1.92. The Kier molecular flexibility index (Phi) is 5.74. The minimum absolute atomic E-state index is 0.306. The first-order valence-corrected chi connectivity index (χ1v) is 8.33. The highest BCUT2D eigenvalue weighted by atomic mass is 35.5. The Balaban J connectivity index is 2.13. The van der Waals surface area contributed by atoms with Crippen LogP contribution in [0, 0.1) is 5.92 Å². The lowest BCUT2D eigenvalue weighted by Crippen LogP contribution is -2.25. The lowest BCUT2D eigenvalue weighted by atomic mass is 10.1. The maximum absolute atomic E-state index is 12.2. The van der Waals surface area contributed by atoms with Crippen LogP contribution < -0.4 is 5.43 Å². The molecule has 2 aromatic rings. The van der Waals surface area contributed by atoms with Crippen LogP contribution in [0.25, 0.3) is 10.1 Å². The molecule has 1 atom stereocenters. The summed E-state index contributed by atoms with van der Waals surface area (Å²) < 4.78 is 5.86. The molecule has 2 rings (SSSR count). The number of nitrogens with zero attached hydrogens (tertiary/aromatic N) is 1. The molecule has 0 saturated carbocycles. The summed E-state index contributed by atoms with van der Waals surface area (Å²) in [5.74, 6) is -1.29. The van der Waals surface area contributed by atoms with E-state index >= 15 is 0 Å². The average molecular weight is 353 g/mol. The minimum atomic E-state index is -0.520. The van der Waals surface area contributed by atoms with E-state index in [1.54, 1.807) is 20.8 Å². The van der Waals surface area contributed by atoms with E-state index in [1.807, 2.05) is 24.3 Å². The molecule has 0 saturated heterocycles. The molecule has 122 valence electrons. The number of fused-ring (bicyclic) bond motifs is 1. The highest BCUT2D eigenvalue weighted by Gasteiger charge is 2.19. The van der Waals surface area contributed by atoms with Crippen molar-refractivity contribution in [1.82, 2.24) is 5.43 Å². The first-order valence-electron chi connectivity index (χ1n) is 7.13. The fourth-order valence-corrected chi connectivity index (χ4v) is 3.29. The molecule has 0 fully saturated rings. The number of esters is 1. The van der Waals surface area contributed by atoms with Gasteiger partial charge in [-0.3, -0.25) is 9.59 Å². The largest absolute Gasteiger partial charge is 0.465 e. The van der Waals surface area contributed by atoms with Crippen molar-refractivity contribution < 1.29 is 14.3 Å². The van der Waals surface area contributed by atoms with Gasteiger partial charge in [-0.05, 0) is 26.8 Å². The predicted octanol–water partition coefficient (Wildman–Crippen LogP) is 3.86. The second-order valence-corrected chi connectivity index (χ2v) is 6.34. The highest BCUT2D eigenvalue weighted by molar-refractivity contribution is 7.21. The standard InChI is InChI=1S/C16H17ClN2O3S/c1-4-22-16(21)9(2)10(3)18-19-15(20)14-13(17)11-7-5-6-8-12(11)23-14/h5-9H,4H2,1-3H3,(H,19,20)/b18-10+. The molecule has 0 aliphatic carbocycles. The van der Waals surface area contributed by atoms with Gasteiger partial charge in [-0.2, -0.15) is 5.10 Å². The Morgan fingerprint density at radius 2 is 2.09 bits per heavy atom. The molecule has 1 unspecified atom stereocenters. The molecule has 1 aromatic heterocycles. The molecule has 1 heterocycles. The van der Waals surface area contributed by atoms with Crippen LogP contribution in [0.2, 0.25) is 5.02 Å². The van der Waals surface area contributed by atoms with Crippen LogP contribution in [0.15, 0.2) is 29.4 Å². The third kappa shape index (κ3) is 3.89. The Bertz CT molecular complexity index is 770. The molecule has 1 amide bonds. The van der Waals surface area contributed by atoms with Crippen LogP contribution in [-0.4, -0.2) is 24.2 Å². The molecule has 0 aliphatic heterocycles. The van der Waals surface area contributed by atoms with Crippen LogP contribution in [0.3, 0.4) is 0 Å². The Morgan fingerprint density at radius 3 is 2.74 bits per heavy atom. The summed E-state index contributed by atoms with van der Waals surface area (Å²) in [5.41, 5.74) is 2.91. The monoisotopic (exact) mass is 352 g/mol. The van der Waals surface area contributed by atoms with Crippen molar-refractivity contribution >= 4 is 50.6 Å². The molecular formula is C16H17ClN2O3S. The van der Waals surface area contributed by atoms with Crippen molar-refractivity contribution in [2.75, 3.05) is 6.61 Å². The van der Waals surface area contributed by atoms with E-state index in [0.29, 0.717) is 22.2 Å². The average Bonchev–Trinajstić information content (AvgIpc) is 2.89. The normalized spacial score (nSPS) is 13.0. The fraction of sp³-hybridized carbons (Fsp3) is 0.312. The summed E-state index contributed by atoms with van der Waals surface area (Å²) in [6, 6.07) is 7.52. The molecule has 5 nitrogen and oxygen atoms in total. The molecular weight excluding hydrogens is 336 g/mol. The number of benzene rings is 1. The van der Waals surface area contributed by atoms with Gasteiger partial charge in [0.05, 0.1) is 17.5 Å². The van der Waals surface area contributed by atoms with Crippen LogP contribution in [-0.2, 0) is 9.53 Å². The van der Waals surface area contributed by atoms with Gasteiger partial charge in [0, 0.05) is 15.8 Å².